The van der Waals surface area contributed by atoms with Gasteiger partial charge in [-0.15, -0.1) is 0 Å². The maximum Gasteiger partial charge on any atom is 0.313 e. The summed E-state index contributed by atoms with van der Waals surface area (Å²) < 4.78 is 34.0. The van der Waals surface area contributed by atoms with E-state index >= 15 is 0 Å². The highest BCUT2D eigenvalue weighted by Gasteiger charge is 2.64. The van der Waals surface area contributed by atoms with Crippen LogP contribution in [0.1, 0.15) is 216 Å². The van der Waals surface area contributed by atoms with E-state index in [1.165, 1.54) is 96.3 Å². The second kappa shape index (κ2) is 25.0. The van der Waals surface area contributed by atoms with Crippen LogP contribution in [-0.2, 0) is 42.8 Å². The minimum atomic E-state index is -0.395. The van der Waals surface area contributed by atoms with Gasteiger partial charge in [0, 0.05) is 0 Å². The molecule has 9 heteroatoms. The lowest BCUT2D eigenvalue weighted by molar-refractivity contribution is -0.193. The van der Waals surface area contributed by atoms with Crippen molar-refractivity contribution in [3.05, 3.63) is 0 Å². The van der Waals surface area contributed by atoms with Crippen LogP contribution in [-0.4, -0.2) is 56.6 Å². The molecule has 0 aromatic rings. The van der Waals surface area contributed by atoms with Crippen molar-refractivity contribution in [1.82, 2.24) is 0 Å². The zero-order valence-electron chi connectivity index (χ0n) is 40.6. The Labute approximate surface area is 424 Å². The monoisotopic (exact) mass is 975 g/mol. The van der Waals surface area contributed by atoms with E-state index in [0.29, 0.717) is 18.3 Å². The Morgan fingerprint density at radius 1 is 0.449 bits per heavy atom. The van der Waals surface area contributed by atoms with Crippen LogP contribution in [0.25, 0.3) is 0 Å². The molecule has 12 aliphatic carbocycles. The fourth-order valence-electron chi connectivity index (χ4n) is 17.0. The third-order valence-electron chi connectivity index (χ3n) is 20.8. The molecular weight excluding hydrogens is 865 g/mol. The Morgan fingerprint density at radius 3 is 1.22 bits per heavy atom. The van der Waals surface area contributed by atoms with Gasteiger partial charge in [-0.2, -0.15) is 0 Å². The van der Waals surface area contributed by atoms with E-state index in [1.54, 1.807) is 0 Å². The number of rotatable bonds is 15. The van der Waals surface area contributed by atoms with Crippen molar-refractivity contribution in [3.63, 3.8) is 0 Å². The molecule has 0 N–H and O–H groups in total. The third kappa shape index (κ3) is 12.1. The number of carbonyl (C=O) groups excluding carboxylic acids is 3. The predicted molar refractivity (Wildman–Crippen MR) is 281 cm³/mol. The minimum absolute atomic E-state index is 0. The Hall–Kier alpha value is -1.71. The van der Waals surface area contributed by atoms with Crippen molar-refractivity contribution in [1.29, 1.82) is 0 Å². The first-order valence-electron chi connectivity index (χ1n) is 26.5. The predicted octanol–water partition coefficient (Wildman–Crippen LogP) is 15.2. The van der Waals surface area contributed by atoms with Crippen LogP contribution >= 0.6 is 0 Å². The van der Waals surface area contributed by atoms with E-state index in [0.717, 1.165) is 114 Å². The highest BCUT2D eigenvalue weighted by molar-refractivity contribution is 5.76. The molecule has 0 heterocycles. The Kier molecular flexibility index (Phi) is 22.3. The van der Waals surface area contributed by atoms with Crippen molar-refractivity contribution in [2.75, 3.05) is 20.4 Å². The smallest absolute Gasteiger partial charge is 0.313 e. The minimum Gasteiger partial charge on any atom is -0.438 e. The van der Waals surface area contributed by atoms with Gasteiger partial charge in [0.05, 0.1) is 35.1 Å². The van der Waals surface area contributed by atoms with Gasteiger partial charge in [-0.1, -0.05) is 72.3 Å². The van der Waals surface area contributed by atoms with Crippen molar-refractivity contribution in [3.8, 4) is 0 Å². The quantitative estimate of drug-likeness (QED) is 0.0686. The topological polar surface area (TPSA) is 107 Å². The number of hydrogen-bond acceptors (Lipinski definition) is 9. The van der Waals surface area contributed by atoms with Gasteiger partial charge in [-0.3, -0.25) is 14.4 Å². The van der Waals surface area contributed by atoms with E-state index in [-0.39, 0.29) is 88.8 Å². The molecule has 404 valence electrons. The Bertz CT molecular complexity index is 1600. The molecule has 0 radical (unpaired) electrons. The summed E-state index contributed by atoms with van der Waals surface area (Å²) in [5, 5.41) is 0. The molecule has 12 bridgehead atoms. The molecule has 9 nitrogen and oxygen atoms in total. The van der Waals surface area contributed by atoms with Crippen LogP contribution in [0.4, 0.5) is 0 Å². The fourth-order valence-corrected chi connectivity index (χ4v) is 17.0. The van der Waals surface area contributed by atoms with Crippen LogP contribution < -0.4 is 0 Å². The van der Waals surface area contributed by atoms with E-state index < -0.39 is 10.8 Å². The molecule has 12 aliphatic rings. The molecule has 15 unspecified atom stereocenters. The first-order chi connectivity index (χ1) is 30.2. The van der Waals surface area contributed by atoms with E-state index in [4.69, 9.17) is 28.4 Å². The van der Waals surface area contributed by atoms with Crippen LogP contribution in [0.3, 0.4) is 0 Å². The lowest BCUT2D eigenvalue weighted by atomic mass is 9.55. The molecule has 0 aromatic carbocycles. The summed E-state index contributed by atoms with van der Waals surface area (Å²) in [4.78, 5) is 35.6. The van der Waals surface area contributed by atoms with E-state index in [1.807, 2.05) is 55.4 Å². The Balaban J connectivity index is 0.000000263. The van der Waals surface area contributed by atoms with Gasteiger partial charge in [-0.05, 0) is 238 Å². The molecule has 0 amide bonds. The van der Waals surface area contributed by atoms with Gasteiger partial charge in [-0.25, -0.2) is 0 Å². The van der Waals surface area contributed by atoms with Gasteiger partial charge in [0.2, 0.25) is 0 Å². The normalized spacial score (nSPS) is 40.3. The highest BCUT2D eigenvalue weighted by atomic mass is 16.7. The lowest BCUT2D eigenvalue weighted by Crippen LogP contribution is -2.49. The summed E-state index contributed by atoms with van der Waals surface area (Å²) in [5.74, 6) is 14.3. The number of esters is 3. The summed E-state index contributed by atoms with van der Waals surface area (Å²) in [6, 6.07) is 0. The standard InChI is InChI=1S/C19H30O3.C18H28O3.C17H28O3.6CH4/c1-4-19(2,3)18(20)22-10-21-15-9-13-8-14(15)17-12-6-5-11(7-12)16(13)17;1-3-10(2)18(19)21-9-20-15-8-13-7-14(15)17-12-5-4-11(6-12)16(13)17;1-4-17(2,3)16(18)20-10-19-15-13-6-11-5-12(8-13)9-14(15)7-11;;;;;;/h11-17H,4-10H2,1-3H3;10-17H,3-9H2,1-2H3;11-15H,4-10H2,1-3H3;6*1H4. The SMILES string of the molecule is C.C.C.C.C.C.CCC(C)(C)C(=O)OCOC1C2CC3CC(C2)CC1C3.CCC(C)(C)C(=O)OCOC1CC2CC1C1C3CCC(C3)C21.CCC(C)C(=O)OCOC1CC2CC1C1C3CCC(C3)C21. The maximum absolute atomic E-state index is 12.0. The first-order valence-corrected chi connectivity index (χ1v) is 26.5. The molecule has 0 spiro atoms. The molecule has 12 fully saturated rings. The average molecular weight is 976 g/mol. The van der Waals surface area contributed by atoms with Crippen molar-refractivity contribution in [2.24, 2.45) is 111 Å². The van der Waals surface area contributed by atoms with Gasteiger partial charge in [0.15, 0.2) is 20.4 Å². The van der Waals surface area contributed by atoms with Crippen molar-refractivity contribution >= 4 is 17.9 Å². The maximum atomic E-state index is 12.0. The highest BCUT2D eigenvalue weighted by Crippen LogP contribution is 2.69. The molecule has 12 rings (SSSR count). The average Bonchev–Trinajstić information content (AvgIpc) is 4.14. The molecule has 0 aromatic heterocycles. The first kappa shape index (κ1) is 61.6. The summed E-state index contributed by atoms with van der Waals surface area (Å²) in [7, 11) is 0. The van der Waals surface area contributed by atoms with Gasteiger partial charge in [0.1, 0.15) is 0 Å². The van der Waals surface area contributed by atoms with Crippen LogP contribution in [0.2, 0.25) is 0 Å². The summed E-state index contributed by atoms with van der Waals surface area (Å²) in [6.45, 7) is 16.2. The number of hydrogen-bond donors (Lipinski definition) is 0. The van der Waals surface area contributed by atoms with Gasteiger partial charge >= 0.3 is 17.9 Å². The molecule has 0 saturated heterocycles. The van der Waals surface area contributed by atoms with Crippen molar-refractivity contribution in [2.45, 2.75) is 234 Å². The summed E-state index contributed by atoms with van der Waals surface area (Å²) in [6.07, 6.45) is 24.4. The van der Waals surface area contributed by atoms with E-state index in [2.05, 4.69) is 0 Å². The zero-order valence-corrected chi connectivity index (χ0v) is 40.6. The second-order valence-corrected chi connectivity index (χ2v) is 24.7. The molecule has 12 saturated carbocycles. The lowest BCUT2D eigenvalue weighted by Gasteiger charge is -2.53. The zero-order chi connectivity index (χ0) is 44.4. The van der Waals surface area contributed by atoms with E-state index in [9.17, 15) is 14.4 Å². The van der Waals surface area contributed by atoms with Crippen LogP contribution in [0, 0.1) is 111 Å². The molecule has 69 heavy (non-hydrogen) atoms. The Morgan fingerprint density at radius 2 is 0.826 bits per heavy atom. The second-order valence-electron chi connectivity index (χ2n) is 24.7. The number of ether oxygens (including phenoxy) is 6. The molecular formula is C60H110O9. The largest absolute Gasteiger partial charge is 0.438 e. The summed E-state index contributed by atoms with van der Waals surface area (Å²) in [5.41, 5.74) is -0.791. The van der Waals surface area contributed by atoms with Gasteiger partial charge < -0.3 is 28.4 Å². The van der Waals surface area contributed by atoms with Crippen LogP contribution in [0.5, 0.6) is 0 Å². The summed E-state index contributed by atoms with van der Waals surface area (Å²) >= 11 is 0. The fraction of sp³-hybridized carbons (Fsp3) is 0.950. The van der Waals surface area contributed by atoms with Crippen LogP contribution in [0.15, 0.2) is 0 Å². The number of fused-ring (bicyclic) bond motifs is 18. The number of carbonyl (C=O) groups is 3. The third-order valence-corrected chi connectivity index (χ3v) is 20.8. The van der Waals surface area contributed by atoms with Crippen molar-refractivity contribution < 1.29 is 42.8 Å². The molecule has 15 atom stereocenters. The van der Waals surface area contributed by atoms with Gasteiger partial charge in [0.25, 0.3) is 0 Å². The molecule has 0 aliphatic heterocycles.